The minimum Gasteiger partial charge on any atom is -0.372 e. The molecule has 0 fully saturated rings. The molecule has 0 bridgehead atoms. The smallest absolute Gasteiger partial charge is 0.164 e. The Morgan fingerprint density at radius 3 is 2.88 bits per heavy atom. The first-order chi connectivity index (χ1) is 7.70. The van der Waals surface area contributed by atoms with E-state index in [-0.39, 0.29) is 10.7 Å². The summed E-state index contributed by atoms with van der Waals surface area (Å²) in [6.07, 6.45) is 1.25. The van der Waals surface area contributed by atoms with Gasteiger partial charge < -0.3 is 4.74 Å². The fraction of sp³-hybridized carbons (Fsp3) is 0.200. The summed E-state index contributed by atoms with van der Waals surface area (Å²) in [5.74, 6) is -0.413. The van der Waals surface area contributed by atoms with E-state index >= 15 is 0 Å². The Balaban J connectivity index is 2.55. The van der Waals surface area contributed by atoms with Gasteiger partial charge in [-0.1, -0.05) is 11.6 Å². The maximum atomic E-state index is 14.0. The fourth-order valence-corrected chi connectivity index (χ4v) is 2.67. The predicted molar refractivity (Wildman–Crippen MR) is 60.7 cm³/mol. The minimum absolute atomic E-state index is 0.233. The van der Waals surface area contributed by atoms with Gasteiger partial charge >= 0.3 is 0 Å². The van der Waals surface area contributed by atoms with Crippen LogP contribution in [0.25, 0.3) is 10.9 Å². The van der Waals surface area contributed by atoms with E-state index in [9.17, 15) is 4.39 Å². The molecule has 2 aromatic rings. The van der Waals surface area contributed by atoms with Crippen molar-refractivity contribution >= 4 is 38.4 Å². The number of rotatable bonds is 0. The van der Waals surface area contributed by atoms with E-state index in [0.29, 0.717) is 23.1 Å². The number of nitrogens with zero attached hydrogens (tertiary/aromatic N) is 2. The number of benzene rings is 1. The predicted octanol–water partition coefficient (Wildman–Crippen LogP) is 3.22. The van der Waals surface area contributed by atoms with Gasteiger partial charge in [-0.2, -0.15) is 0 Å². The van der Waals surface area contributed by atoms with Crippen LogP contribution in [0.4, 0.5) is 4.39 Å². The van der Waals surface area contributed by atoms with Crippen molar-refractivity contribution in [2.75, 3.05) is 0 Å². The van der Waals surface area contributed by atoms with Gasteiger partial charge in [0.1, 0.15) is 17.0 Å². The minimum atomic E-state index is -0.413. The van der Waals surface area contributed by atoms with Crippen LogP contribution in [0.15, 0.2) is 10.8 Å². The molecule has 1 aliphatic heterocycles. The van der Waals surface area contributed by atoms with E-state index in [1.165, 1.54) is 6.33 Å². The molecule has 0 saturated heterocycles. The average molecular weight is 304 g/mol. The van der Waals surface area contributed by atoms with Crippen LogP contribution in [0.3, 0.4) is 0 Å². The zero-order valence-corrected chi connectivity index (χ0v) is 10.3. The Kier molecular flexibility index (Phi) is 2.34. The van der Waals surface area contributed by atoms with Crippen molar-refractivity contribution in [1.82, 2.24) is 9.97 Å². The van der Waals surface area contributed by atoms with Crippen LogP contribution in [0.2, 0.25) is 5.15 Å². The van der Waals surface area contributed by atoms with E-state index in [1.807, 2.05) is 0 Å². The number of aromatic nitrogens is 2. The lowest BCUT2D eigenvalue weighted by Crippen LogP contribution is -1.96. The standard InChI is InChI=1S/C10H5BrClFN2O/c11-7-5-2-16-1-4(5)6-9(8(7)13)14-3-15-10(6)12/h3H,1-2H2. The second-order valence-electron chi connectivity index (χ2n) is 3.47. The van der Waals surface area contributed by atoms with Crippen molar-refractivity contribution in [3.05, 3.63) is 32.9 Å². The summed E-state index contributed by atoms with van der Waals surface area (Å²) >= 11 is 9.19. The molecule has 0 atom stereocenters. The first-order valence-electron chi connectivity index (χ1n) is 4.57. The Morgan fingerprint density at radius 1 is 1.31 bits per heavy atom. The Bertz CT molecular complexity index is 605. The Morgan fingerprint density at radius 2 is 2.06 bits per heavy atom. The molecular formula is C10H5BrClFN2O. The van der Waals surface area contributed by atoms with Gasteiger partial charge in [-0.05, 0) is 21.5 Å². The molecule has 0 N–H and O–H groups in total. The van der Waals surface area contributed by atoms with Crippen molar-refractivity contribution < 1.29 is 9.13 Å². The molecule has 82 valence electrons. The molecule has 0 saturated carbocycles. The zero-order valence-electron chi connectivity index (χ0n) is 7.93. The van der Waals surface area contributed by atoms with E-state index in [2.05, 4.69) is 25.9 Å². The molecule has 6 heteroatoms. The Hall–Kier alpha value is -0.780. The summed E-state index contributed by atoms with van der Waals surface area (Å²) in [7, 11) is 0. The van der Waals surface area contributed by atoms with E-state index in [1.54, 1.807) is 0 Å². The highest BCUT2D eigenvalue weighted by molar-refractivity contribution is 9.10. The first kappa shape index (κ1) is 10.4. The van der Waals surface area contributed by atoms with Crippen molar-refractivity contribution in [2.45, 2.75) is 13.2 Å². The molecule has 3 nitrogen and oxygen atoms in total. The topological polar surface area (TPSA) is 35.0 Å². The number of fused-ring (bicyclic) bond motifs is 3. The van der Waals surface area contributed by atoms with Gasteiger partial charge in [0.25, 0.3) is 0 Å². The largest absolute Gasteiger partial charge is 0.372 e. The molecule has 0 amide bonds. The summed E-state index contributed by atoms with van der Waals surface area (Å²) in [5, 5.41) is 0.815. The van der Waals surface area contributed by atoms with Gasteiger partial charge in [-0.25, -0.2) is 14.4 Å². The van der Waals surface area contributed by atoms with Gasteiger partial charge in [0.15, 0.2) is 5.82 Å². The van der Waals surface area contributed by atoms with Gasteiger partial charge in [0.05, 0.1) is 17.7 Å². The molecule has 0 unspecified atom stereocenters. The zero-order chi connectivity index (χ0) is 11.3. The second kappa shape index (κ2) is 3.61. The molecule has 0 radical (unpaired) electrons. The molecule has 2 heterocycles. The third-order valence-corrected chi connectivity index (χ3v) is 3.74. The summed E-state index contributed by atoms with van der Waals surface area (Å²) in [6.45, 7) is 0.797. The summed E-state index contributed by atoms with van der Waals surface area (Å²) < 4.78 is 19.7. The molecular weight excluding hydrogens is 298 g/mol. The fourth-order valence-electron chi connectivity index (χ4n) is 1.88. The third-order valence-electron chi connectivity index (χ3n) is 2.63. The lowest BCUT2D eigenvalue weighted by atomic mass is 10.1. The highest BCUT2D eigenvalue weighted by atomic mass is 79.9. The monoisotopic (exact) mass is 302 g/mol. The van der Waals surface area contributed by atoms with Crippen LogP contribution in [0.5, 0.6) is 0 Å². The molecule has 1 aromatic carbocycles. The normalized spacial score (nSPS) is 14.4. The van der Waals surface area contributed by atoms with Crippen LogP contribution in [0.1, 0.15) is 11.1 Å². The summed E-state index contributed by atoms with van der Waals surface area (Å²) in [6, 6.07) is 0. The maximum absolute atomic E-state index is 14.0. The van der Waals surface area contributed by atoms with Gasteiger partial charge in [0, 0.05) is 10.9 Å². The molecule has 1 aliphatic rings. The second-order valence-corrected chi connectivity index (χ2v) is 4.62. The molecule has 1 aromatic heterocycles. The lowest BCUT2D eigenvalue weighted by molar-refractivity contribution is 0.134. The third kappa shape index (κ3) is 1.28. The van der Waals surface area contributed by atoms with Crippen LogP contribution in [0, 0.1) is 5.82 Å². The highest BCUT2D eigenvalue weighted by Gasteiger charge is 2.24. The number of halogens is 3. The van der Waals surface area contributed by atoms with Crippen molar-refractivity contribution in [3.63, 3.8) is 0 Å². The SMILES string of the molecule is Fc1c(Br)c2c(c3c(Cl)ncnc13)COC2. The van der Waals surface area contributed by atoms with E-state index in [0.717, 1.165) is 11.1 Å². The number of ether oxygens (including phenoxy) is 1. The Labute approximate surface area is 104 Å². The maximum Gasteiger partial charge on any atom is 0.164 e. The molecule has 0 aliphatic carbocycles. The van der Waals surface area contributed by atoms with E-state index in [4.69, 9.17) is 16.3 Å². The van der Waals surface area contributed by atoms with Gasteiger partial charge in [0.2, 0.25) is 0 Å². The quantitative estimate of drug-likeness (QED) is 0.701. The van der Waals surface area contributed by atoms with Crippen molar-refractivity contribution in [3.8, 4) is 0 Å². The summed E-state index contributed by atoms with van der Waals surface area (Å²) in [5.41, 5.74) is 1.90. The molecule has 16 heavy (non-hydrogen) atoms. The van der Waals surface area contributed by atoms with Crippen molar-refractivity contribution in [2.24, 2.45) is 0 Å². The van der Waals surface area contributed by atoms with Crippen LogP contribution in [-0.2, 0) is 18.0 Å². The van der Waals surface area contributed by atoms with Gasteiger partial charge in [-0.15, -0.1) is 0 Å². The van der Waals surface area contributed by atoms with Gasteiger partial charge in [-0.3, -0.25) is 0 Å². The highest BCUT2D eigenvalue weighted by Crippen LogP contribution is 2.38. The first-order valence-corrected chi connectivity index (χ1v) is 5.74. The average Bonchev–Trinajstić information content (AvgIpc) is 2.74. The van der Waals surface area contributed by atoms with Crippen LogP contribution < -0.4 is 0 Å². The summed E-state index contributed by atoms with van der Waals surface area (Å²) in [4.78, 5) is 7.80. The van der Waals surface area contributed by atoms with Crippen LogP contribution >= 0.6 is 27.5 Å². The molecule has 3 rings (SSSR count). The number of hydrogen-bond donors (Lipinski definition) is 0. The van der Waals surface area contributed by atoms with Crippen LogP contribution in [-0.4, -0.2) is 9.97 Å². The van der Waals surface area contributed by atoms with Crippen molar-refractivity contribution in [1.29, 1.82) is 0 Å². The lowest BCUT2D eigenvalue weighted by Gasteiger charge is -2.08. The molecule has 0 spiro atoms. The number of hydrogen-bond acceptors (Lipinski definition) is 3. The van der Waals surface area contributed by atoms with E-state index < -0.39 is 5.82 Å².